The van der Waals surface area contributed by atoms with Gasteiger partial charge in [0.15, 0.2) is 0 Å². The fourth-order valence-electron chi connectivity index (χ4n) is 4.54. The molecule has 3 aromatic rings. The zero-order valence-corrected chi connectivity index (χ0v) is 27.2. The molecule has 1 N–H and O–H groups in total. The van der Waals surface area contributed by atoms with Crippen molar-refractivity contribution in [3.05, 3.63) is 35.0 Å². The van der Waals surface area contributed by atoms with Crippen LogP contribution < -0.4 is 5.32 Å². The van der Waals surface area contributed by atoms with Crippen molar-refractivity contribution in [3.8, 4) is 11.4 Å². The molecular formula is C29H41ClN6O5Si. The molecular weight excluding hydrogens is 576 g/mol. The number of esters is 1. The highest BCUT2D eigenvalue weighted by Crippen LogP contribution is 2.33. The van der Waals surface area contributed by atoms with Gasteiger partial charge in [0.1, 0.15) is 23.7 Å². The van der Waals surface area contributed by atoms with Crippen molar-refractivity contribution in [1.29, 1.82) is 0 Å². The normalized spacial score (nSPS) is 14.7. The second kappa shape index (κ2) is 13.0. The van der Waals surface area contributed by atoms with E-state index in [0.717, 1.165) is 24.3 Å². The van der Waals surface area contributed by atoms with Gasteiger partial charge in [0.25, 0.3) is 0 Å². The van der Waals surface area contributed by atoms with Gasteiger partial charge < -0.3 is 24.4 Å². The number of rotatable bonds is 9. The lowest BCUT2D eigenvalue weighted by Gasteiger charge is -2.33. The molecule has 1 fully saturated rings. The molecule has 228 valence electrons. The molecule has 3 heterocycles. The number of nitrogens with one attached hydrogen (secondary N) is 1. The Morgan fingerprint density at radius 2 is 1.86 bits per heavy atom. The van der Waals surface area contributed by atoms with Crippen LogP contribution in [0.3, 0.4) is 0 Å². The minimum Gasteiger partial charge on any atom is -0.465 e. The van der Waals surface area contributed by atoms with E-state index in [9.17, 15) is 9.59 Å². The van der Waals surface area contributed by atoms with E-state index in [0.29, 0.717) is 53.1 Å². The van der Waals surface area contributed by atoms with Crippen LogP contribution >= 0.6 is 11.6 Å². The third-order valence-electron chi connectivity index (χ3n) is 6.83. The summed E-state index contributed by atoms with van der Waals surface area (Å²) in [5, 5.41) is 9.33. The number of fused-ring (bicyclic) bond motifs is 1. The maximum Gasteiger partial charge on any atom is 0.410 e. The van der Waals surface area contributed by atoms with Gasteiger partial charge in [-0.2, -0.15) is 5.10 Å². The Hall–Kier alpha value is -3.22. The number of benzene rings is 1. The Morgan fingerprint density at radius 1 is 1.14 bits per heavy atom. The smallest absolute Gasteiger partial charge is 0.410 e. The van der Waals surface area contributed by atoms with Gasteiger partial charge in [0, 0.05) is 39.2 Å². The third-order valence-corrected chi connectivity index (χ3v) is 8.81. The molecule has 0 radical (unpaired) electrons. The molecule has 0 saturated carbocycles. The standard InChI is InChI=1S/C29H41ClN6O5Si/c1-29(2,3)41-28(38)35-12-10-20(11-13-35)32-27-31-17-22(30)25(33-27)24-21-9-8-19(26(37)39-4)16-23(21)36(34-24)18-40-14-15-42(5,6)7/h8-9,16-17,20H,10-15,18H2,1-7H3,(H,31,32,33). The number of hydrogen-bond acceptors (Lipinski definition) is 9. The number of aromatic nitrogens is 4. The summed E-state index contributed by atoms with van der Waals surface area (Å²) in [4.78, 5) is 35.6. The summed E-state index contributed by atoms with van der Waals surface area (Å²) >= 11 is 6.61. The van der Waals surface area contributed by atoms with Crippen LogP contribution in [0.5, 0.6) is 0 Å². The maximum absolute atomic E-state index is 12.4. The van der Waals surface area contributed by atoms with E-state index < -0.39 is 19.6 Å². The van der Waals surface area contributed by atoms with E-state index in [-0.39, 0.29) is 18.9 Å². The number of hydrogen-bond donors (Lipinski definition) is 1. The predicted octanol–water partition coefficient (Wildman–Crippen LogP) is 6.06. The molecule has 1 saturated heterocycles. The van der Waals surface area contributed by atoms with Crippen LogP contribution in [0.4, 0.5) is 10.7 Å². The number of likely N-dealkylation sites (tertiary alicyclic amines) is 1. The van der Waals surface area contributed by atoms with Gasteiger partial charge >= 0.3 is 12.1 Å². The van der Waals surface area contributed by atoms with Crippen LogP contribution in [0, 0.1) is 0 Å². The molecule has 0 spiro atoms. The minimum atomic E-state index is -1.26. The van der Waals surface area contributed by atoms with Gasteiger partial charge in [-0.3, -0.25) is 0 Å². The van der Waals surface area contributed by atoms with Gasteiger partial charge in [-0.25, -0.2) is 24.2 Å². The second-order valence-corrected chi connectivity index (χ2v) is 18.7. The van der Waals surface area contributed by atoms with Crippen LogP contribution in [0.15, 0.2) is 24.4 Å². The van der Waals surface area contributed by atoms with E-state index in [1.165, 1.54) is 7.11 Å². The zero-order valence-electron chi connectivity index (χ0n) is 25.5. The van der Waals surface area contributed by atoms with Gasteiger partial charge in [0.05, 0.1) is 29.4 Å². The van der Waals surface area contributed by atoms with E-state index in [2.05, 4.69) is 29.9 Å². The molecule has 11 nitrogen and oxygen atoms in total. The first-order chi connectivity index (χ1) is 19.7. The van der Waals surface area contributed by atoms with E-state index >= 15 is 0 Å². The number of ether oxygens (including phenoxy) is 3. The molecule has 1 aliphatic heterocycles. The van der Waals surface area contributed by atoms with Crippen molar-refractivity contribution in [1.82, 2.24) is 24.6 Å². The highest BCUT2D eigenvalue weighted by Gasteiger charge is 2.27. The number of carbonyl (C=O) groups excluding carboxylic acids is 2. The molecule has 1 aromatic carbocycles. The van der Waals surface area contributed by atoms with E-state index in [4.69, 9.17) is 35.9 Å². The number of amides is 1. The predicted molar refractivity (Wildman–Crippen MR) is 166 cm³/mol. The van der Waals surface area contributed by atoms with Crippen molar-refractivity contribution in [2.75, 3.05) is 32.1 Å². The summed E-state index contributed by atoms with van der Waals surface area (Å²) in [5.74, 6) is -0.0134. The zero-order chi connectivity index (χ0) is 30.7. The minimum absolute atomic E-state index is 0.0781. The Balaban J connectivity index is 1.55. The lowest BCUT2D eigenvalue weighted by Crippen LogP contribution is -2.44. The Labute approximate surface area is 252 Å². The Morgan fingerprint density at radius 3 is 2.50 bits per heavy atom. The molecule has 1 amide bonds. The van der Waals surface area contributed by atoms with Crippen LogP contribution in [0.1, 0.15) is 44.0 Å². The average Bonchev–Trinajstić information content (AvgIpc) is 3.28. The summed E-state index contributed by atoms with van der Waals surface area (Å²) in [6, 6.07) is 6.36. The largest absolute Gasteiger partial charge is 0.465 e. The van der Waals surface area contributed by atoms with Gasteiger partial charge in [0.2, 0.25) is 5.95 Å². The van der Waals surface area contributed by atoms with Gasteiger partial charge in [-0.1, -0.05) is 31.2 Å². The summed E-state index contributed by atoms with van der Waals surface area (Å²) in [5.41, 5.74) is 1.62. The SMILES string of the molecule is COC(=O)c1ccc2c(-c3nc(NC4CCN(C(=O)OC(C)(C)C)CC4)ncc3Cl)nn(COCC[Si](C)(C)C)c2c1. The summed E-state index contributed by atoms with van der Waals surface area (Å²) in [7, 11) is 0.0927. The first-order valence-electron chi connectivity index (χ1n) is 14.2. The van der Waals surface area contributed by atoms with Crippen molar-refractivity contribution < 1.29 is 23.8 Å². The number of piperidine rings is 1. The topological polar surface area (TPSA) is 121 Å². The Kier molecular flexibility index (Phi) is 9.79. The first-order valence-corrected chi connectivity index (χ1v) is 18.3. The van der Waals surface area contributed by atoms with Crippen molar-refractivity contribution >= 4 is 48.6 Å². The lowest BCUT2D eigenvalue weighted by molar-refractivity contribution is 0.0210. The molecule has 2 aromatic heterocycles. The van der Waals surface area contributed by atoms with Crippen LogP contribution in [-0.2, 0) is 20.9 Å². The fraction of sp³-hybridized carbons (Fsp3) is 0.552. The van der Waals surface area contributed by atoms with Gasteiger partial charge in [-0.05, 0) is 57.9 Å². The molecule has 42 heavy (non-hydrogen) atoms. The number of carbonyl (C=O) groups is 2. The van der Waals surface area contributed by atoms with Crippen molar-refractivity contribution in [2.45, 2.75) is 77.7 Å². The molecule has 1 aliphatic rings. The highest BCUT2D eigenvalue weighted by atomic mass is 35.5. The first kappa shape index (κ1) is 31.7. The summed E-state index contributed by atoms with van der Waals surface area (Å²) in [6.07, 6.45) is 2.71. The molecule has 0 bridgehead atoms. The van der Waals surface area contributed by atoms with Gasteiger partial charge in [-0.15, -0.1) is 0 Å². The van der Waals surface area contributed by atoms with Crippen LogP contribution in [0.2, 0.25) is 30.7 Å². The number of methoxy groups -OCH3 is 1. The van der Waals surface area contributed by atoms with E-state index in [1.807, 2.05) is 26.8 Å². The number of halogens is 1. The highest BCUT2D eigenvalue weighted by molar-refractivity contribution is 6.76. The Bertz CT molecular complexity index is 1430. The second-order valence-electron chi connectivity index (χ2n) is 12.7. The molecule has 0 unspecified atom stereocenters. The number of anilines is 1. The molecule has 13 heteroatoms. The molecule has 0 aliphatic carbocycles. The maximum atomic E-state index is 12.4. The molecule has 4 rings (SSSR count). The van der Waals surface area contributed by atoms with E-state index in [1.54, 1.807) is 27.9 Å². The third kappa shape index (κ3) is 8.20. The molecule has 0 atom stereocenters. The summed E-state index contributed by atoms with van der Waals surface area (Å²) < 4.78 is 18.1. The number of nitrogens with zero attached hydrogens (tertiary/aromatic N) is 5. The quantitative estimate of drug-likeness (QED) is 0.174. The lowest BCUT2D eigenvalue weighted by atomic mass is 10.1. The monoisotopic (exact) mass is 616 g/mol. The van der Waals surface area contributed by atoms with Crippen LogP contribution in [0.25, 0.3) is 22.3 Å². The van der Waals surface area contributed by atoms with Crippen molar-refractivity contribution in [2.24, 2.45) is 0 Å². The summed E-state index contributed by atoms with van der Waals surface area (Å²) in [6.45, 7) is 14.5. The van der Waals surface area contributed by atoms with Crippen LogP contribution in [-0.4, -0.2) is 83.2 Å². The average molecular weight is 617 g/mol. The fourth-order valence-corrected chi connectivity index (χ4v) is 5.48. The van der Waals surface area contributed by atoms with Crippen molar-refractivity contribution in [3.63, 3.8) is 0 Å².